The lowest BCUT2D eigenvalue weighted by Gasteiger charge is -1.98. The monoisotopic (exact) mass is 266 g/mol. The van der Waals surface area contributed by atoms with Gasteiger partial charge >= 0.3 is 0 Å². The van der Waals surface area contributed by atoms with E-state index in [0.29, 0.717) is 0 Å². The summed E-state index contributed by atoms with van der Waals surface area (Å²) in [6.07, 6.45) is 10.2. The number of aryl methyl sites for hydroxylation is 3. The van der Waals surface area contributed by atoms with Crippen LogP contribution in [0.3, 0.4) is 0 Å². The lowest BCUT2D eigenvalue weighted by atomic mass is 10.1. The van der Waals surface area contributed by atoms with E-state index in [4.69, 9.17) is 0 Å². The second kappa shape index (κ2) is 8.05. The number of nitrogens with zero attached hydrogens (tertiary/aromatic N) is 2. The Labute approximate surface area is 121 Å². The standard InChI is InChI=1S/2C9H11N/c1-4-9-5-7(2)8(3)10-6-9;1-3-8-5-6-10-7-9(8)4-2/h4-6H,1H2,2-3H3;3,5-7H,1,4H2,2H3. The first-order valence-electron chi connectivity index (χ1n) is 6.73. The highest BCUT2D eigenvalue weighted by Gasteiger charge is 1.93. The first-order valence-corrected chi connectivity index (χ1v) is 6.73. The molecule has 0 N–H and O–H groups in total. The molecule has 2 rings (SSSR count). The molecule has 0 aliphatic carbocycles. The van der Waals surface area contributed by atoms with Crippen LogP contribution < -0.4 is 0 Å². The summed E-state index contributed by atoms with van der Waals surface area (Å²) in [4.78, 5) is 8.19. The Bertz CT molecular complexity index is 586. The van der Waals surface area contributed by atoms with Crippen molar-refractivity contribution in [3.8, 4) is 0 Å². The largest absolute Gasteiger partial charge is 0.264 e. The molecule has 2 heteroatoms. The number of rotatable bonds is 3. The Morgan fingerprint density at radius 2 is 1.90 bits per heavy atom. The zero-order valence-corrected chi connectivity index (χ0v) is 12.6. The molecule has 0 saturated heterocycles. The summed E-state index contributed by atoms with van der Waals surface area (Å²) in [5.74, 6) is 0. The summed E-state index contributed by atoms with van der Waals surface area (Å²) >= 11 is 0. The van der Waals surface area contributed by atoms with E-state index in [2.05, 4.69) is 43.0 Å². The lowest BCUT2D eigenvalue weighted by molar-refractivity contribution is 1.10. The van der Waals surface area contributed by atoms with Crippen LogP contribution in [-0.4, -0.2) is 9.97 Å². The van der Waals surface area contributed by atoms with Crippen molar-refractivity contribution < 1.29 is 0 Å². The molecule has 2 aromatic heterocycles. The van der Waals surface area contributed by atoms with Crippen LogP contribution in [0.4, 0.5) is 0 Å². The van der Waals surface area contributed by atoms with E-state index < -0.39 is 0 Å². The van der Waals surface area contributed by atoms with Gasteiger partial charge in [-0.15, -0.1) is 0 Å². The van der Waals surface area contributed by atoms with Crippen molar-refractivity contribution in [1.29, 1.82) is 0 Å². The molecule has 0 unspecified atom stereocenters. The van der Waals surface area contributed by atoms with Gasteiger partial charge in [0.25, 0.3) is 0 Å². The molecule has 0 aromatic carbocycles. The zero-order valence-electron chi connectivity index (χ0n) is 12.6. The molecule has 0 aliphatic heterocycles. The van der Waals surface area contributed by atoms with E-state index in [1.54, 1.807) is 12.3 Å². The predicted octanol–water partition coefficient (Wildman–Crippen LogP) is 4.63. The molecule has 0 fully saturated rings. The minimum absolute atomic E-state index is 1.02. The van der Waals surface area contributed by atoms with Crippen molar-refractivity contribution in [2.45, 2.75) is 27.2 Å². The van der Waals surface area contributed by atoms with Crippen LogP contribution in [0.2, 0.25) is 0 Å². The van der Waals surface area contributed by atoms with Crippen LogP contribution >= 0.6 is 0 Å². The Kier molecular flexibility index (Phi) is 6.38. The van der Waals surface area contributed by atoms with E-state index in [1.165, 1.54) is 16.7 Å². The molecular weight excluding hydrogens is 244 g/mol. The van der Waals surface area contributed by atoms with Crippen molar-refractivity contribution >= 4 is 12.2 Å². The molecule has 2 nitrogen and oxygen atoms in total. The smallest absolute Gasteiger partial charge is 0.0402 e. The highest BCUT2D eigenvalue weighted by Crippen LogP contribution is 2.08. The van der Waals surface area contributed by atoms with Gasteiger partial charge in [-0.05, 0) is 54.7 Å². The first kappa shape index (κ1) is 15.8. The average molecular weight is 266 g/mol. The van der Waals surface area contributed by atoms with Gasteiger partial charge in [-0.3, -0.25) is 9.97 Å². The van der Waals surface area contributed by atoms with E-state index in [1.807, 2.05) is 31.5 Å². The SMILES string of the molecule is C=Cc1ccncc1CC.C=Cc1cnc(C)c(C)c1. The van der Waals surface area contributed by atoms with Crippen molar-refractivity contribution in [3.63, 3.8) is 0 Å². The second-order valence-corrected chi connectivity index (χ2v) is 4.51. The number of hydrogen-bond acceptors (Lipinski definition) is 2. The Morgan fingerprint density at radius 3 is 2.40 bits per heavy atom. The van der Waals surface area contributed by atoms with Gasteiger partial charge in [0.15, 0.2) is 0 Å². The molecule has 20 heavy (non-hydrogen) atoms. The Hall–Kier alpha value is -2.22. The van der Waals surface area contributed by atoms with Gasteiger partial charge in [0.05, 0.1) is 0 Å². The van der Waals surface area contributed by atoms with Crippen molar-refractivity contribution in [2.24, 2.45) is 0 Å². The van der Waals surface area contributed by atoms with Crippen LogP contribution in [0.1, 0.15) is 34.9 Å². The molecular formula is C18H22N2. The summed E-state index contributed by atoms with van der Waals surface area (Å²) in [6, 6.07) is 4.06. The molecule has 0 spiro atoms. The Morgan fingerprint density at radius 1 is 1.15 bits per heavy atom. The Balaban J connectivity index is 0.000000200. The fourth-order valence-electron chi connectivity index (χ4n) is 1.71. The molecule has 0 bridgehead atoms. The van der Waals surface area contributed by atoms with Crippen molar-refractivity contribution in [2.75, 3.05) is 0 Å². The van der Waals surface area contributed by atoms with E-state index in [-0.39, 0.29) is 0 Å². The van der Waals surface area contributed by atoms with Gasteiger partial charge in [0.2, 0.25) is 0 Å². The fourth-order valence-corrected chi connectivity index (χ4v) is 1.71. The molecule has 2 heterocycles. The molecule has 0 saturated carbocycles. The molecule has 0 radical (unpaired) electrons. The minimum Gasteiger partial charge on any atom is -0.264 e. The second-order valence-electron chi connectivity index (χ2n) is 4.51. The summed E-state index contributed by atoms with van der Waals surface area (Å²) < 4.78 is 0. The quantitative estimate of drug-likeness (QED) is 0.809. The maximum Gasteiger partial charge on any atom is 0.0402 e. The highest BCUT2D eigenvalue weighted by molar-refractivity contribution is 5.50. The van der Waals surface area contributed by atoms with Crippen LogP contribution in [0.25, 0.3) is 12.2 Å². The third kappa shape index (κ3) is 4.47. The normalized spacial score (nSPS) is 9.35. The van der Waals surface area contributed by atoms with Crippen molar-refractivity contribution in [3.05, 3.63) is 71.8 Å². The summed E-state index contributed by atoms with van der Waals surface area (Å²) in [7, 11) is 0. The zero-order chi connectivity index (χ0) is 15.0. The highest BCUT2D eigenvalue weighted by atomic mass is 14.7. The number of pyridine rings is 2. The van der Waals surface area contributed by atoms with E-state index in [9.17, 15) is 0 Å². The summed E-state index contributed by atoms with van der Waals surface area (Å²) in [5, 5.41) is 0. The number of aromatic nitrogens is 2. The molecule has 2 aromatic rings. The maximum absolute atomic E-state index is 4.18. The molecule has 0 atom stereocenters. The summed E-state index contributed by atoms with van der Waals surface area (Å²) in [6.45, 7) is 13.5. The average Bonchev–Trinajstić information content (AvgIpc) is 2.50. The molecule has 0 amide bonds. The van der Waals surface area contributed by atoms with Crippen LogP contribution in [0.5, 0.6) is 0 Å². The fraction of sp³-hybridized carbons (Fsp3) is 0.222. The van der Waals surface area contributed by atoms with Gasteiger partial charge < -0.3 is 0 Å². The molecule has 0 aliphatic rings. The first-order chi connectivity index (χ1) is 9.62. The van der Waals surface area contributed by atoms with E-state index in [0.717, 1.165) is 17.7 Å². The van der Waals surface area contributed by atoms with Gasteiger partial charge in [-0.25, -0.2) is 0 Å². The van der Waals surface area contributed by atoms with Gasteiger partial charge in [0.1, 0.15) is 0 Å². The van der Waals surface area contributed by atoms with Crippen LogP contribution in [-0.2, 0) is 6.42 Å². The summed E-state index contributed by atoms with van der Waals surface area (Å²) in [5.41, 5.74) is 5.85. The minimum atomic E-state index is 1.02. The number of hydrogen-bond donors (Lipinski definition) is 0. The van der Waals surface area contributed by atoms with Gasteiger partial charge in [-0.2, -0.15) is 0 Å². The van der Waals surface area contributed by atoms with Gasteiger partial charge in [-0.1, -0.05) is 32.2 Å². The lowest BCUT2D eigenvalue weighted by Crippen LogP contribution is -1.86. The van der Waals surface area contributed by atoms with Crippen LogP contribution in [0, 0.1) is 13.8 Å². The topological polar surface area (TPSA) is 25.8 Å². The predicted molar refractivity (Wildman–Crippen MR) is 87.5 cm³/mol. The van der Waals surface area contributed by atoms with E-state index >= 15 is 0 Å². The van der Waals surface area contributed by atoms with Gasteiger partial charge in [0, 0.05) is 24.3 Å². The molecule has 104 valence electrons. The maximum atomic E-state index is 4.18. The van der Waals surface area contributed by atoms with Crippen molar-refractivity contribution in [1.82, 2.24) is 9.97 Å². The third-order valence-corrected chi connectivity index (χ3v) is 3.14. The third-order valence-electron chi connectivity index (χ3n) is 3.14. The van der Waals surface area contributed by atoms with Crippen LogP contribution in [0.15, 0.2) is 43.9 Å².